The largest absolute Gasteiger partial charge is 0.370 e. The van der Waals surface area contributed by atoms with Crippen molar-refractivity contribution in [2.45, 2.75) is 115 Å². The summed E-state index contributed by atoms with van der Waals surface area (Å²) in [7, 11) is 2.21. The van der Waals surface area contributed by atoms with Crippen molar-refractivity contribution in [1.29, 1.82) is 0 Å². The van der Waals surface area contributed by atoms with Crippen molar-refractivity contribution in [3.63, 3.8) is 0 Å². The SMILES string of the molecule is CC.CC.CC.CC.CC.CCn1c2ccccc2c2cc(CN(C)c3ccc4c(c3)C(C)(CC)c3ccccc3-4)ccc21. The van der Waals surface area contributed by atoms with Crippen molar-refractivity contribution in [3.05, 3.63) is 102 Å². The van der Waals surface area contributed by atoms with Crippen LogP contribution in [-0.2, 0) is 18.5 Å². The Bertz CT molecular complexity index is 1540. The normalized spacial score (nSPS) is 13.6. The van der Waals surface area contributed by atoms with Crippen LogP contribution < -0.4 is 4.90 Å². The number of benzene rings is 4. The van der Waals surface area contributed by atoms with Crippen molar-refractivity contribution in [3.8, 4) is 11.1 Å². The van der Waals surface area contributed by atoms with Gasteiger partial charge in [-0.2, -0.15) is 0 Å². The molecule has 4 aromatic carbocycles. The standard InChI is InChI=1S/C32H32N2.5C2H6/c1-5-32(3)28-13-9-7-11-24(28)25-17-16-23(20-29(25)32)33(4)21-22-15-18-31-27(19-22)26-12-8-10-14-30(26)34(31)6-2;5*1-2/h7-20H,5-6,21H2,1-4H3;5*1-2H3. The van der Waals surface area contributed by atoms with Gasteiger partial charge in [0, 0.05) is 53.0 Å². The third kappa shape index (κ3) is 7.40. The molecule has 5 aromatic rings. The summed E-state index contributed by atoms with van der Waals surface area (Å²) in [5.74, 6) is 0. The van der Waals surface area contributed by atoms with E-state index in [9.17, 15) is 0 Å². The van der Waals surface area contributed by atoms with E-state index in [1.165, 1.54) is 55.3 Å². The fourth-order valence-corrected chi connectivity index (χ4v) is 6.09. The van der Waals surface area contributed by atoms with Gasteiger partial charge in [0.1, 0.15) is 0 Å². The monoisotopic (exact) mass is 594 g/mol. The lowest BCUT2D eigenvalue weighted by atomic mass is 9.78. The van der Waals surface area contributed by atoms with Crippen molar-refractivity contribution in [2.24, 2.45) is 0 Å². The van der Waals surface area contributed by atoms with Gasteiger partial charge in [-0.25, -0.2) is 0 Å². The number of hydrogen-bond donors (Lipinski definition) is 0. The average molecular weight is 595 g/mol. The minimum atomic E-state index is 0.0731. The molecule has 1 aliphatic rings. The number of nitrogens with zero attached hydrogens (tertiary/aromatic N) is 2. The number of fused-ring (bicyclic) bond motifs is 6. The van der Waals surface area contributed by atoms with Gasteiger partial charge in [-0.1, -0.05) is 138 Å². The van der Waals surface area contributed by atoms with Crippen molar-refractivity contribution in [1.82, 2.24) is 4.57 Å². The molecule has 1 unspecified atom stereocenters. The molecule has 1 aromatic heterocycles. The molecule has 0 saturated carbocycles. The zero-order valence-electron chi connectivity index (χ0n) is 30.6. The van der Waals surface area contributed by atoms with Crippen LogP contribution in [0.1, 0.15) is 113 Å². The molecule has 0 spiro atoms. The molecule has 0 N–H and O–H groups in total. The molecule has 0 amide bonds. The first-order valence-electron chi connectivity index (χ1n) is 17.5. The van der Waals surface area contributed by atoms with Crippen LogP contribution in [-0.4, -0.2) is 11.6 Å². The van der Waals surface area contributed by atoms with E-state index < -0.39 is 0 Å². The Balaban J connectivity index is 0.000000884. The van der Waals surface area contributed by atoms with E-state index in [0.717, 1.165) is 19.5 Å². The quantitative estimate of drug-likeness (QED) is 0.196. The average Bonchev–Trinajstić information content (AvgIpc) is 3.58. The second-order valence-corrected chi connectivity index (χ2v) is 9.93. The summed E-state index contributed by atoms with van der Waals surface area (Å²) >= 11 is 0. The van der Waals surface area contributed by atoms with Crippen molar-refractivity contribution >= 4 is 27.5 Å². The Labute approximate surface area is 271 Å². The van der Waals surface area contributed by atoms with Gasteiger partial charge in [0.25, 0.3) is 0 Å². The van der Waals surface area contributed by atoms with Crippen LogP contribution in [0.3, 0.4) is 0 Å². The molecule has 240 valence electrons. The topological polar surface area (TPSA) is 8.17 Å². The Morgan fingerprint density at radius 3 is 1.80 bits per heavy atom. The summed E-state index contributed by atoms with van der Waals surface area (Å²) in [5, 5.41) is 2.70. The highest BCUT2D eigenvalue weighted by atomic mass is 15.1. The molecule has 1 atom stereocenters. The predicted octanol–water partition coefficient (Wildman–Crippen LogP) is 13.3. The molecule has 0 fully saturated rings. The third-order valence-corrected chi connectivity index (χ3v) is 8.13. The lowest BCUT2D eigenvalue weighted by Crippen LogP contribution is -2.21. The van der Waals surface area contributed by atoms with E-state index >= 15 is 0 Å². The van der Waals surface area contributed by atoms with Crippen LogP contribution in [0.4, 0.5) is 5.69 Å². The Morgan fingerprint density at radius 2 is 1.16 bits per heavy atom. The highest BCUT2D eigenvalue weighted by Gasteiger charge is 2.37. The van der Waals surface area contributed by atoms with E-state index in [1.807, 2.05) is 69.2 Å². The van der Waals surface area contributed by atoms with Gasteiger partial charge in [-0.3, -0.25) is 0 Å². The molecule has 1 heterocycles. The summed E-state index contributed by atoms with van der Waals surface area (Å²) in [4.78, 5) is 2.39. The number of aromatic nitrogens is 1. The number of para-hydroxylation sites is 1. The van der Waals surface area contributed by atoms with Crippen LogP contribution in [0, 0.1) is 0 Å². The van der Waals surface area contributed by atoms with Crippen LogP contribution in [0.2, 0.25) is 0 Å². The molecule has 44 heavy (non-hydrogen) atoms. The summed E-state index contributed by atoms with van der Waals surface area (Å²) in [5.41, 5.74) is 11.1. The van der Waals surface area contributed by atoms with E-state index in [4.69, 9.17) is 0 Å². The number of aryl methyl sites for hydroxylation is 1. The fraction of sp³-hybridized carbons (Fsp3) is 0.429. The molecule has 0 aliphatic heterocycles. The van der Waals surface area contributed by atoms with Crippen molar-refractivity contribution < 1.29 is 0 Å². The number of anilines is 1. The van der Waals surface area contributed by atoms with E-state index in [1.54, 1.807) is 0 Å². The van der Waals surface area contributed by atoms with Gasteiger partial charge >= 0.3 is 0 Å². The van der Waals surface area contributed by atoms with E-state index in [2.05, 4.69) is 122 Å². The zero-order valence-corrected chi connectivity index (χ0v) is 30.6. The van der Waals surface area contributed by atoms with Gasteiger partial charge in [-0.05, 0) is 71.5 Å². The zero-order chi connectivity index (χ0) is 33.4. The van der Waals surface area contributed by atoms with E-state index in [-0.39, 0.29) is 5.41 Å². The first kappa shape index (κ1) is 38.5. The van der Waals surface area contributed by atoms with Crippen LogP contribution in [0.25, 0.3) is 32.9 Å². The lowest BCUT2D eigenvalue weighted by molar-refractivity contribution is 0.564. The maximum atomic E-state index is 2.43. The molecule has 0 bridgehead atoms. The van der Waals surface area contributed by atoms with E-state index in [0.29, 0.717) is 0 Å². The molecule has 1 aliphatic carbocycles. The number of rotatable bonds is 5. The van der Waals surface area contributed by atoms with Crippen LogP contribution >= 0.6 is 0 Å². The minimum Gasteiger partial charge on any atom is -0.370 e. The molecular weight excluding hydrogens is 532 g/mol. The highest BCUT2D eigenvalue weighted by molar-refractivity contribution is 6.08. The lowest BCUT2D eigenvalue weighted by Gasteiger charge is -2.27. The Morgan fingerprint density at radius 1 is 0.591 bits per heavy atom. The number of hydrogen-bond acceptors (Lipinski definition) is 1. The summed E-state index contributed by atoms with van der Waals surface area (Å²) < 4.78 is 2.42. The first-order valence-corrected chi connectivity index (χ1v) is 17.5. The summed E-state index contributed by atoms with van der Waals surface area (Å²) in [6, 6.07) is 31.7. The molecule has 6 rings (SSSR count). The second-order valence-electron chi connectivity index (χ2n) is 9.93. The van der Waals surface area contributed by atoms with Gasteiger partial charge < -0.3 is 9.47 Å². The van der Waals surface area contributed by atoms with Gasteiger partial charge in [-0.15, -0.1) is 0 Å². The van der Waals surface area contributed by atoms with Gasteiger partial charge in [0.15, 0.2) is 0 Å². The smallest absolute Gasteiger partial charge is 0.0491 e. The van der Waals surface area contributed by atoms with Crippen LogP contribution in [0.5, 0.6) is 0 Å². The first-order chi connectivity index (χ1) is 21.5. The van der Waals surface area contributed by atoms with Gasteiger partial charge in [0.05, 0.1) is 0 Å². The molecule has 0 saturated heterocycles. The van der Waals surface area contributed by atoms with Crippen molar-refractivity contribution in [2.75, 3.05) is 11.9 Å². The summed E-state index contributed by atoms with van der Waals surface area (Å²) in [6.07, 6.45) is 1.10. The Hall–Kier alpha value is -3.52. The second kappa shape index (κ2) is 19.0. The third-order valence-electron chi connectivity index (χ3n) is 8.13. The highest BCUT2D eigenvalue weighted by Crippen LogP contribution is 2.51. The molecule has 2 nitrogen and oxygen atoms in total. The Kier molecular flexibility index (Phi) is 16.6. The molecule has 2 heteroatoms. The molecule has 0 radical (unpaired) electrons. The predicted molar refractivity (Wildman–Crippen MR) is 203 cm³/mol. The van der Waals surface area contributed by atoms with Gasteiger partial charge in [0.2, 0.25) is 0 Å². The summed E-state index contributed by atoms with van der Waals surface area (Å²) in [6.45, 7) is 28.8. The maximum absolute atomic E-state index is 2.43. The minimum absolute atomic E-state index is 0.0731. The maximum Gasteiger partial charge on any atom is 0.0491 e. The van der Waals surface area contributed by atoms with Crippen LogP contribution in [0.15, 0.2) is 84.9 Å². The fourth-order valence-electron chi connectivity index (χ4n) is 6.09. The molecular formula is C42H62N2.